The van der Waals surface area contributed by atoms with Gasteiger partial charge >= 0.3 is 0 Å². The van der Waals surface area contributed by atoms with E-state index >= 15 is 0 Å². The predicted molar refractivity (Wildman–Crippen MR) is 127 cm³/mol. The first kappa shape index (κ1) is 22.2. The molecule has 0 aliphatic rings. The van der Waals surface area contributed by atoms with E-state index in [1.54, 1.807) is 43.5 Å². The number of carbonyl (C=O) groups is 1. The molecule has 0 spiro atoms. The van der Waals surface area contributed by atoms with E-state index in [1.807, 2.05) is 12.1 Å². The molecule has 0 saturated heterocycles. The molecule has 0 fully saturated rings. The van der Waals surface area contributed by atoms with Crippen molar-refractivity contribution in [2.45, 2.75) is 0 Å². The third-order valence-electron chi connectivity index (χ3n) is 4.78. The van der Waals surface area contributed by atoms with Gasteiger partial charge in [0, 0.05) is 0 Å². The first-order valence-electron chi connectivity index (χ1n) is 9.83. The number of hydrazone groups is 1. The number of rotatable bonds is 7. The van der Waals surface area contributed by atoms with Crippen LogP contribution in [0.15, 0.2) is 65.8 Å². The van der Waals surface area contributed by atoms with E-state index in [2.05, 4.69) is 10.1 Å². The van der Waals surface area contributed by atoms with Crippen LogP contribution in [0.25, 0.3) is 10.2 Å². The van der Waals surface area contributed by atoms with Gasteiger partial charge < -0.3 is 14.2 Å². The lowest BCUT2D eigenvalue weighted by molar-refractivity contribution is 0.0984. The summed E-state index contributed by atoms with van der Waals surface area (Å²) in [6.45, 7) is 0. The standard InChI is InChI=1S/C24H20FN3O4S/c1-30-17-10-7-15(8-11-17)14-26-28(24-27-19-12-9-16(25)13-21(19)33-24)23(29)18-5-4-6-20(31-2)22(18)32-3/h4-14H,1-3H3/b26-14+. The molecule has 33 heavy (non-hydrogen) atoms. The van der Waals surface area contributed by atoms with Crippen LogP contribution in [0.1, 0.15) is 15.9 Å². The first-order chi connectivity index (χ1) is 16.0. The fourth-order valence-electron chi connectivity index (χ4n) is 3.15. The number of hydrogen-bond donors (Lipinski definition) is 0. The van der Waals surface area contributed by atoms with Crippen LogP contribution >= 0.6 is 11.3 Å². The van der Waals surface area contributed by atoms with E-state index in [4.69, 9.17) is 14.2 Å². The summed E-state index contributed by atoms with van der Waals surface area (Å²) in [6, 6.07) is 16.5. The molecule has 3 aromatic carbocycles. The number of thiazole rings is 1. The molecule has 1 amide bonds. The topological polar surface area (TPSA) is 73.2 Å². The van der Waals surface area contributed by atoms with E-state index in [0.29, 0.717) is 21.7 Å². The zero-order chi connectivity index (χ0) is 23.4. The zero-order valence-corrected chi connectivity index (χ0v) is 18.9. The van der Waals surface area contributed by atoms with E-state index in [0.717, 1.165) is 16.9 Å². The molecule has 9 heteroatoms. The summed E-state index contributed by atoms with van der Waals surface area (Å²) in [5, 5.41) is 5.88. The minimum Gasteiger partial charge on any atom is -0.497 e. The molecule has 0 aliphatic heterocycles. The summed E-state index contributed by atoms with van der Waals surface area (Å²) in [5.41, 5.74) is 1.55. The molecule has 4 aromatic rings. The van der Waals surface area contributed by atoms with Crippen molar-refractivity contribution < 1.29 is 23.4 Å². The van der Waals surface area contributed by atoms with Crippen LogP contribution in [0.3, 0.4) is 0 Å². The highest BCUT2D eigenvalue weighted by Gasteiger charge is 2.25. The van der Waals surface area contributed by atoms with Crippen molar-refractivity contribution in [3.8, 4) is 17.2 Å². The monoisotopic (exact) mass is 465 g/mol. The van der Waals surface area contributed by atoms with E-state index in [-0.39, 0.29) is 22.3 Å². The van der Waals surface area contributed by atoms with Gasteiger partial charge in [0.15, 0.2) is 11.5 Å². The normalized spacial score (nSPS) is 11.0. The van der Waals surface area contributed by atoms with Gasteiger partial charge in [-0.15, -0.1) is 0 Å². The molecule has 0 radical (unpaired) electrons. The number of methoxy groups -OCH3 is 3. The average Bonchev–Trinajstić information content (AvgIpc) is 3.26. The van der Waals surface area contributed by atoms with Gasteiger partial charge in [-0.1, -0.05) is 17.4 Å². The first-order valence-corrected chi connectivity index (χ1v) is 10.6. The van der Waals surface area contributed by atoms with Gasteiger partial charge in [-0.25, -0.2) is 9.37 Å². The summed E-state index contributed by atoms with van der Waals surface area (Å²) in [7, 11) is 4.54. The van der Waals surface area contributed by atoms with Crippen molar-refractivity contribution >= 4 is 38.8 Å². The van der Waals surface area contributed by atoms with E-state index in [9.17, 15) is 9.18 Å². The summed E-state index contributed by atoms with van der Waals surface area (Å²) in [5.74, 6) is 0.534. The molecule has 0 unspecified atom stereocenters. The second-order valence-electron chi connectivity index (χ2n) is 6.78. The van der Waals surface area contributed by atoms with Crippen LogP contribution < -0.4 is 19.2 Å². The van der Waals surface area contributed by atoms with Gasteiger partial charge in [-0.05, 0) is 60.2 Å². The number of anilines is 1. The lowest BCUT2D eigenvalue weighted by Crippen LogP contribution is -2.26. The maximum absolute atomic E-state index is 13.7. The summed E-state index contributed by atoms with van der Waals surface area (Å²) in [4.78, 5) is 18.1. The Morgan fingerprint density at radius 2 is 1.82 bits per heavy atom. The molecule has 0 N–H and O–H groups in total. The quantitative estimate of drug-likeness (QED) is 0.279. The number of carbonyl (C=O) groups excluding carboxylic acids is 1. The van der Waals surface area contributed by atoms with Crippen LogP contribution in [0.4, 0.5) is 9.52 Å². The molecular formula is C24H20FN3O4S. The van der Waals surface area contributed by atoms with E-state index < -0.39 is 5.91 Å². The zero-order valence-electron chi connectivity index (χ0n) is 18.1. The van der Waals surface area contributed by atoms with Crippen molar-refractivity contribution in [2.75, 3.05) is 26.3 Å². The molecule has 1 aromatic heterocycles. The number of hydrogen-bond acceptors (Lipinski definition) is 7. The van der Waals surface area contributed by atoms with Gasteiger partial charge in [0.25, 0.3) is 5.91 Å². The van der Waals surface area contributed by atoms with Crippen molar-refractivity contribution in [1.29, 1.82) is 0 Å². The predicted octanol–water partition coefficient (Wildman–Crippen LogP) is 5.14. The Kier molecular flexibility index (Phi) is 6.50. The van der Waals surface area contributed by atoms with Crippen molar-refractivity contribution in [3.05, 3.63) is 77.6 Å². The van der Waals surface area contributed by atoms with Crippen LogP contribution in [0, 0.1) is 5.82 Å². The Hall–Kier alpha value is -3.98. The fourth-order valence-corrected chi connectivity index (χ4v) is 4.10. The van der Waals surface area contributed by atoms with Crippen LogP contribution in [0.5, 0.6) is 17.2 Å². The Morgan fingerprint density at radius 3 is 2.52 bits per heavy atom. The maximum Gasteiger partial charge on any atom is 0.284 e. The smallest absolute Gasteiger partial charge is 0.284 e. The summed E-state index contributed by atoms with van der Waals surface area (Å²) in [6.07, 6.45) is 1.54. The highest BCUT2D eigenvalue weighted by Crippen LogP contribution is 2.35. The number of halogens is 1. The molecule has 0 atom stereocenters. The maximum atomic E-state index is 13.7. The summed E-state index contributed by atoms with van der Waals surface area (Å²) >= 11 is 1.16. The number of benzene rings is 3. The van der Waals surface area contributed by atoms with Crippen molar-refractivity contribution in [1.82, 2.24) is 4.98 Å². The number of nitrogens with zero attached hydrogens (tertiary/aromatic N) is 3. The Bertz CT molecular complexity index is 1320. The van der Waals surface area contributed by atoms with Gasteiger partial charge in [-0.2, -0.15) is 10.1 Å². The van der Waals surface area contributed by atoms with Crippen LogP contribution in [-0.4, -0.2) is 38.4 Å². The molecule has 7 nitrogen and oxygen atoms in total. The Balaban J connectivity index is 1.79. The molecule has 0 bridgehead atoms. The lowest BCUT2D eigenvalue weighted by atomic mass is 10.1. The highest BCUT2D eigenvalue weighted by molar-refractivity contribution is 7.22. The van der Waals surface area contributed by atoms with E-state index in [1.165, 1.54) is 37.6 Å². The number of ether oxygens (including phenoxy) is 3. The van der Waals surface area contributed by atoms with Crippen molar-refractivity contribution in [3.63, 3.8) is 0 Å². The average molecular weight is 466 g/mol. The Morgan fingerprint density at radius 1 is 1.03 bits per heavy atom. The Labute approximate surface area is 193 Å². The third kappa shape index (κ3) is 4.63. The SMILES string of the molecule is COc1ccc(/C=N/N(C(=O)c2cccc(OC)c2OC)c2nc3ccc(F)cc3s2)cc1. The highest BCUT2D eigenvalue weighted by atomic mass is 32.1. The van der Waals surface area contributed by atoms with Gasteiger partial charge in [0.2, 0.25) is 5.13 Å². The number of aromatic nitrogens is 1. The number of para-hydroxylation sites is 1. The minimum absolute atomic E-state index is 0.245. The largest absolute Gasteiger partial charge is 0.497 e. The minimum atomic E-state index is -0.477. The fraction of sp³-hybridized carbons (Fsp3) is 0.125. The molecule has 0 aliphatic carbocycles. The number of fused-ring (bicyclic) bond motifs is 1. The summed E-state index contributed by atoms with van der Waals surface area (Å²) < 4.78 is 30.2. The number of amides is 1. The van der Waals surface area contributed by atoms with Gasteiger partial charge in [0.1, 0.15) is 11.6 Å². The molecule has 0 saturated carbocycles. The van der Waals surface area contributed by atoms with Crippen molar-refractivity contribution in [2.24, 2.45) is 5.10 Å². The van der Waals surface area contributed by atoms with Crippen LogP contribution in [0.2, 0.25) is 0 Å². The third-order valence-corrected chi connectivity index (χ3v) is 5.78. The van der Waals surface area contributed by atoms with Gasteiger partial charge in [0.05, 0.1) is 43.3 Å². The van der Waals surface area contributed by atoms with Crippen LogP contribution in [-0.2, 0) is 0 Å². The molecule has 4 rings (SSSR count). The molecular weight excluding hydrogens is 445 g/mol. The second kappa shape index (κ2) is 9.66. The molecule has 168 valence electrons. The molecule has 1 heterocycles. The van der Waals surface area contributed by atoms with Gasteiger partial charge in [-0.3, -0.25) is 4.79 Å². The lowest BCUT2D eigenvalue weighted by Gasteiger charge is -2.17. The second-order valence-corrected chi connectivity index (χ2v) is 7.79.